The minimum atomic E-state index is 0.0231. The van der Waals surface area contributed by atoms with Gasteiger partial charge in [0.25, 0.3) is 0 Å². The van der Waals surface area contributed by atoms with E-state index in [1.807, 2.05) is 0 Å². The number of ether oxygens (including phenoxy) is 2. The van der Waals surface area contributed by atoms with E-state index in [4.69, 9.17) is 21.0 Å². The Balaban J connectivity index is 3.07. The van der Waals surface area contributed by atoms with Gasteiger partial charge in [0, 0.05) is 0 Å². The number of terminal acetylenes is 1. The second-order valence-electron chi connectivity index (χ2n) is 1.83. The molecule has 0 fully saturated rings. The summed E-state index contributed by atoms with van der Waals surface area (Å²) in [5, 5.41) is 8.32. The Labute approximate surface area is 72.7 Å². The molecule has 66 valence electrons. The van der Waals surface area contributed by atoms with Gasteiger partial charge in [0.2, 0.25) is 0 Å². The third-order valence-corrected chi connectivity index (χ3v) is 0.894. The first-order valence-corrected chi connectivity index (χ1v) is 3.57. The molecule has 0 rings (SSSR count). The monoisotopic (exact) mass is 168 g/mol. The van der Waals surface area contributed by atoms with Crippen LogP contribution in [0.5, 0.6) is 0 Å². The van der Waals surface area contributed by atoms with Gasteiger partial charge in [0.15, 0.2) is 0 Å². The van der Waals surface area contributed by atoms with Crippen molar-refractivity contribution < 1.29 is 14.6 Å². The fourth-order valence-corrected chi connectivity index (χ4v) is 0.451. The first-order valence-electron chi connectivity index (χ1n) is 3.57. The molecule has 0 saturated carbocycles. The number of hydrogen-bond donors (Lipinski definition) is 1. The number of hydrogen-bond acceptors (Lipinski definition) is 3. The van der Waals surface area contributed by atoms with Crippen LogP contribution < -0.4 is 0 Å². The summed E-state index contributed by atoms with van der Waals surface area (Å²) in [6, 6.07) is 0. The van der Waals surface area contributed by atoms with Crippen molar-refractivity contribution in [2.75, 3.05) is 33.0 Å². The molecule has 0 aliphatic rings. The molecule has 0 amide bonds. The predicted octanol–water partition coefficient (Wildman–Crippen LogP) is -0.351. The molecule has 0 spiro atoms. The molecule has 0 aliphatic carbocycles. The van der Waals surface area contributed by atoms with Gasteiger partial charge >= 0.3 is 0 Å². The molecule has 0 bridgehead atoms. The zero-order valence-corrected chi connectivity index (χ0v) is 6.88. The highest BCUT2D eigenvalue weighted by molar-refractivity contribution is 4.99. The Kier molecular flexibility index (Phi) is 9.17. The molecule has 0 heterocycles. The third kappa shape index (κ3) is 9.00. The van der Waals surface area contributed by atoms with E-state index in [1.165, 1.54) is 0 Å². The molecule has 3 heteroatoms. The molecule has 1 N–H and O–H groups in total. The topological polar surface area (TPSA) is 38.7 Å². The molecule has 3 nitrogen and oxygen atoms in total. The summed E-state index contributed by atoms with van der Waals surface area (Å²) < 4.78 is 9.74. The van der Waals surface area contributed by atoms with Gasteiger partial charge in [-0.2, -0.15) is 0 Å². The van der Waals surface area contributed by atoms with Crippen LogP contribution in [0.25, 0.3) is 0 Å². The molecule has 0 saturated heterocycles. The third-order valence-electron chi connectivity index (χ3n) is 0.894. The van der Waals surface area contributed by atoms with Gasteiger partial charge in [0.1, 0.15) is 19.8 Å². The van der Waals surface area contributed by atoms with Crippen molar-refractivity contribution in [3.05, 3.63) is 0 Å². The molecule has 0 unspecified atom stereocenters. The van der Waals surface area contributed by atoms with Crippen molar-refractivity contribution in [2.45, 2.75) is 0 Å². The lowest BCUT2D eigenvalue weighted by Crippen LogP contribution is -1.99. The Morgan fingerprint density at radius 1 is 1.08 bits per heavy atom. The summed E-state index contributed by atoms with van der Waals surface area (Å²) >= 11 is 0. The van der Waals surface area contributed by atoms with Crippen LogP contribution in [-0.4, -0.2) is 38.1 Å². The molecule has 0 aromatic carbocycles. The van der Waals surface area contributed by atoms with Gasteiger partial charge in [-0.1, -0.05) is 17.8 Å². The quantitative estimate of drug-likeness (QED) is 0.450. The van der Waals surface area contributed by atoms with E-state index in [9.17, 15) is 0 Å². The molecule has 0 aromatic heterocycles. The molecular formula is C9H12O3. The van der Waals surface area contributed by atoms with Gasteiger partial charge < -0.3 is 14.6 Å². The fraction of sp³-hybridized carbons (Fsp3) is 0.556. The maximum Gasteiger partial charge on any atom is 0.109 e. The number of aliphatic hydroxyl groups is 1. The van der Waals surface area contributed by atoms with Crippen molar-refractivity contribution >= 4 is 0 Å². The second kappa shape index (κ2) is 10.0. The lowest BCUT2D eigenvalue weighted by atomic mass is 10.6. The normalized spacial score (nSPS) is 8.33. The number of rotatable bonds is 5. The van der Waals surface area contributed by atoms with Gasteiger partial charge in [-0.15, -0.1) is 6.42 Å². The second-order valence-corrected chi connectivity index (χ2v) is 1.83. The average molecular weight is 168 g/mol. The Hall–Kier alpha value is -1.00. The van der Waals surface area contributed by atoms with Crippen molar-refractivity contribution in [1.29, 1.82) is 0 Å². The smallest absolute Gasteiger partial charge is 0.109 e. The lowest BCUT2D eigenvalue weighted by molar-refractivity contribution is 0.115. The van der Waals surface area contributed by atoms with Crippen LogP contribution in [0.3, 0.4) is 0 Å². The van der Waals surface area contributed by atoms with E-state index in [0.717, 1.165) is 0 Å². The van der Waals surface area contributed by atoms with Gasteiger partial charge in [-0.05, 0) is 0 Å². The highest BCUT2D eigenvalue weighted by atomic mass is 16.5. The summed E-state index contributed by atoms with van der Waals surface area (Å²) in [6.07, 6.45) is 4.93. The molecule has 0 radical (unpaired) electrons. The summed E-state index contributed by atoms with van der Waals surface area (Å²) in [5.74, 6) is 7.73. The first-order chi connectivity index (χ1) is 5.91. The summed E-state index contributed by atoms with van der Waals surface area (Å²) in [4.78, 5) is 0. The van der Waals surface area contributed by atoms with E-state index in [2.05, 4.69) is 17.8 Å². The summed E-state index contributed by atoms with van der Waals surface area (Å²) in [5.41, 5.74) is 0. The fourth-order valence-electron chi connectivity index (χ4n) is 0.451. The highest BCUT2D eigenvalue weighted by Crippen LogP contribution is 1.72. The zero-order chi connectivity index (χ0) is 9.07. The zero-order valence-electron chi connectivity index (χ0n) is 6.88. The molecule has 0 atom stereocenters. The van der Waals surface area contributed by atoms with Crippen LogP contribution in [0, 0.1) is 24.2 Å². The lowest BCUT2D eigenvalue weighted by Gasteiger charge is -1.92. The SMILES string of the molecule is C#CCOCC#CCOCCO. The van der Waals surface area contributed by atoms with E-state index in [1.54, 1.807) is 0 Å². The maximum absolute atomic E-state index is 8.32. The molecular weight excluding hydrogens is 156 g/mol. The van der Waals surface area contributed by atoms with Gasteiger partial charge in [-0.25, -0.2) is 0 Å². The van der Waals surface area contributed by atoms with Crippen molar-refractivity contribution in [1.82, 2.24) is 0 Å². The predicted molar refractivity (Wildman–Crippen MR) is 45.3 cm³/mol. The first kappa shape index (κ1) is 11.0. The van der Waals surface area contributed by atoms with Crippen LogP contribution >= 0.6 is 0 Å². The van der Waals surface area contributed by atoms with E-state index >= 15 is 0 Å². The Bertz CT molecular complexity index is 182. The van der Waals surface area contributed by atoms with Crippen molar-refractivity contribution in [3.63, 3.8) is 0 Å². The maximum atomic E-state index is 8.32. The molecule has 0 aromatic rings. The van der Waals surface area contributed by atoms with Gasteiger partial charge in [0.05, 0.1) is 13.2 Å². The van der Waals surface area contributed by atoms with Crippen LogP contribution in [0.2, 0.25) is 0 Å². The largest absolute Gasteiger partial charge is 0.394 e. The molecule has 0 aliphatic heterocycles. The standard InChI is InChI=1S/C9H12O3/c1-2-6-11-7-3-4-8-12-9-5-10/h1,10H,5-9H2. The van der Waals surface area contributed by atoms with Crippen LogP contribution in [-0.2, 0) is 9.47 Å². The van der Waals surface area contributed by atoms with E-state index < -0.39 is 0 Å². The Morgan fingerprint density at radius 3 is 2.33 bits per heavy atom. The van der Waals surface area contributed by atoms with Crippen molar-refractivity contribution in [2.24, 2.45) is 0 Å². The Morgan fingerprint density at radius 2 is 1.75 bits per heavy atom. The van der Waals surface area contributed by atoms with Crippen LogP contribution in [0.4, 0.5) is 0 Å². The van der Waals surface area contributed by atoms with E-state index in [-0.39, 0.29) is 13.2 Å². The van der Waals surface area contributed by atoms with Crippen LogP contribution in [0.15, 0.2) is 0 Å². The number of aliphatic hydroxyl groups excluding tert-OH is 1. The van der Waals surface area contributed by atoms with Crippen LogP contribution in [0.1, 0.15) is 0 Å². The minimum Gasteiger partial charge on any atom is -0.394 e. The summed E-state index contributed by atoms with van der Waals surface area (Å²) in [6.45, 7) is 1.27. The highest BCUT2D eigenvalue weighted by Gasteiger charge is 1.79. The average Bonchev–Trinajstić information content (AvgIpc) is 2.10. The van der Waals surface area contributed by atoms with Gasteiger partial charge in [-0.3, -0.25) is 0 Å². The van der Waals surface area contributed by atoms with E-state index in [0.29, 0.717) is 19.8 Å². The van der Waals surface area contributed by atoms with Crippen molar-refractivity contribution in [3.8, 4) is 24.2 Å². The minimum absolute atomic E-state index is 0.0231. The summed E-state index contributed by atoms with van der Waals surface area (Å²) in [7, 11) is 0. The molecule has 12 heavy (non-hydrogen) atoms.